The van der Waals surface area contributed by atoms with Gasteiger partial charge in [-0.05, 0) is 62.6 Å². The van der Waals surface area contributed by atoms with Crippen molar-refractivity contribution < 1.29 is 13.2 Å². The molecule has 0 unspecified atom stereocenters. The molecular formula is C20H23ClN2O3S. The van der Waals surface area contributed by atoms with Crippen molar-refractivity contribution in [1.82, 2.24) is 9.62 Å². The van der Waals surface area contributed by atoms with E-state index in [0.29, 0.717) is 41.4 Å². The van der Waals surface area contributed by atoms with Gasteiger partial charge < -0.3 is 4.90 Å². The molecule has 2 aromatic carbocycles. The number of amides is 1. The first-order valence-corrected chi connectivity index (χ1v) is 10.8. The molecule has 0 radical (unpaired) electrons. The molecule has 1 amide bonds. The summed E-state index contributed by atoms with van der Waals surface area (Å²) in [5.41, 5.74) is 2.35. The number of halogens is 1. The van der Waals surface area contributed by atoms with Crippen molar-refractivity contribution in [2.45, 2.75) is 37.6 Å². The second kappa shape index (κ2) is 8.00. The van der Waals surface area contributed by atoms with Crippen LogP contribution in [0.3, 0.4) is 0 Å². The molecule has 0 aliphatic carbocycles. The maximum absolute atomic E-state index is 12.7. The fraction of sp³-hybridized carbons (Fsp3) is 0.350. The Labute approximate surface area is 165 Å². The molecule has 1 fully saturated rings. The highest BCUT2D eigenvalue weighted by Crippen LogP contribution is 2.20. The molecule has 7 heteroatoms. The van der Waals surface area contributed by atoms with Crippen LogP contribution in [0.15, 0.2) is 47.4 Å². The third kappa shape index (κ3) is 4.69. The third-order valence-electron chi connectivity index (χ3n) is 4.82. The lowest BCUT2D eigenvalue weighted by Crippen LogP contribution is -2.46. The molecule has 0 spiro atoms. The van der Waals surface area contributed by atoms with Crippen LogP contribution < -0.4 is 4.72 Å². The van der Waals surface area contributed by atoms with Gasteiger partial charge >= 0.3 is 0 Å². The van der Waals surface area contributed by atoms with E-state index >= 15 is 0 Å². The summed E-state index contributed by atoms with van der Waals surface area (Å²) in [4.78, 5) is 14.6. The molecule has 144 valence electrons. The Morgan fingerprint density at radius 2 is 1.70 bits per heavy atom. The van der Waals surface area contributed by atoms with Crippen molar-refractivity contribution in [2.75, 3.05) is 13.1 Å². The van der Waals surface area contributed by atoms with Gasteiger partial charge in [0, 0.05) is 29.7 Å². The highest BCUT2D eigenvalue weighted by atomic mass is 35.5. The second-order valence-corrected chi connectivity index (χ2v) is 9.08. The molecule has 1 N–H and O–H groups in total. The zero-order valence-electron chi connectivity index (χ0n) is 15.4. The number of hydrogen-bond donors (Lipinski definition) is 1. The molecule has 0 bridgehead atoms. The predicted octanol–water partition coefficient (Wildman–Crippen LogP) is 3.54. The van der Waals surface area contributed by atoms with E-state index in [9.17, 15) is 13.2 Å². The van der Waals surface area contributed by atoms with Crippen molar-refractivity contribution in [3.63, 3.8) is 0 Å². The largest absolute Gasteiger partial charge is 0.339 e. The molecule has 1 saturated heterocycles. The minimum absolute atomic E-state index is 0.0534. The summed E-state index contributed by atoms with van der Waals surface area (Å²) in [5.74, 6) is -0.0534. The number of piperidine rings is 1. The second-order valence-electron chi connectivity index (χ2n) is 6.96. The number of carbonyl (C=O) groups is 1. The number of rotatable bonds is 4. The van der Waals surface area contributed by atoms with E-state index in [1.165, 1.54) is 0 Å². The van der Waals surface area contributed by atoms with Gasteiger partial charge in [-0.1, -0.05) is 29.3 Å². The highest BCUT2D eigenvalue weighted by Gasteiger charge is 2.27. The van der Waals surface area contributed by atoms with Crippen molar-refractivity contribution >= 4 is 27.5 Å². The van der Waals surface area contributed by atoms with Crippen LogP contribution in [0, 0.1) is 13.8 Å². The van der Waals surface area contributed by atoms with Crippen molar-refractivity contribution in [1.29, 1.82) is 0 Å². The fourth-order valence-electron chi connectivity index (χ4n) is 3.36. The summed E-state index contributed by atoms with van der Waals surface area (Å²) in [6, 6.07) is 11.9. The number of aryl methyl sites for hydroxylation is 2. The Kier molecular flexibility index (Phi) is 5.89. The van der Waals surface area contributed by atoms with Crippen LogP contribution in [-0.4, -0.2) is 38.4 Å². The van der Waals surface area contributed by atoms with E-state index in [-0.39, 0.29) is 11.9 Å². The quantitative estimate of drug-likeness (QED) is 0.844. The summed E-state index contributed by atoms with van der Waals surface area (Å²) < 4.78 is 28.2. The Hall–Kier alpha value is -1.89. The van der Waals surface area contributed by atoms with Gasteiger partial charge in [0.05, 0.1) is 4.90 Å². The smallest absolute Gasteiger partial charge is 0.253 e. The first-order chi connectivity index (χ1) is 12.8. The van der Waals surface area contributed by atoms with Gasteiger partial charge in [-0.15, -0.1) is 0 Å². The molecule has 2 aromatic rings. The fourth-order valence-corrected chi connectivity index (χ4v) is 5.02. The average Bonchev–Trinajstić information content (AvgIpc) is 2.62. The van der Waals surface area contributed by atoms with Crippen LogP contribution in [0.4, 0.5) is 0 Å². The summed E-state index contributed by atoms with van der Waals surface area (Å²) in [6.45, 7) is 4.77. The maximum atomic E-state index is 12.7. The van der Waals surface area contributed by atoms with Gasteiger partial charge in [0.25, 0.3) is 5.91 Å². The number of sulfonamides is 1. The predicted molar refractivity (Wildman–Crippen MR) is 107 cm³/mol. The molecule has 0 aromatic heterocycles. The summed E-state index contributed by atoms with van der Waals surface area (Å²) in [5, 5.41) is 0.589. The highest BCUT2D eigenvalue weighted by molar-refractivity contribution is 7.89. The van der Waals surface area contributed by atoms with Crippen LogP contribution in [0.1, 0.15) is 34.3 Å². The molecule has 27 heavy (non-hydrogen) atoms. The van der Waals surface area contributed by atoms with Gasteiger partial charge in [-0.3, -0.25) is 4.79 Å². The van der Waals surface area contributed by atoms with E-state index in [1.54, 1.807) is 48.2 Å². The number of likely N-dealkylation sites (tertiary alicyclic amines) is 1. The van der Waals surface area contributed by atoms with E-state index in [2.05, 4.69) is 4.72 Å². The number of benzene rings is 2. The lowest BCUT2D eigenvalue weighted by molar-refractivity contribution is 0.0711. The number of carbonyl (C=O) groups excluding carboxylic acids is 1. The lowest BCUT2D eigenvalue weighted by Gasteiger charge is -2.32. The first kappa shape index (κ1) is 19.9. The van der Waals surface area contributed by atoms with Crippen molar-refractivity contribution in [2.24, 2.45) is 0 Å². The Morgan fingerprint density at radius 1 is 1.07 bits per heavy atom. The van der Waals surface area contributed by atoms with Gasteiger partial charge in [0.15, 0.2) is 0 Å². The molecule has 5 nitrogen and oxygen atoms in total. The Morgan fingerprint density at radius 3 is 2.30 bits per heavy atom. The standard InChI is InChI=1S/C20H23ClN2O3S/c1-14-3-8-19(15(2)13-14)27(25,26)22-18-9-11-23(12-10-18)20(24)16-4-6-17(21)7-5-16/h3-8,13,18,22H,9-12H2,1-2H3. The molecule has 0 saturated carbocycles. The molecule has 1 aliphatic rings. The normalized spacial score (nSPS) is 15.7. The number of hydrogen-bond acceptors (Lipinski definition) is 3. The topological polar surface area (TPSA) is 66.5 Å². The molecule has 3 rings (SSSR count). The minimum Gasteiger partial charge on any atom is -0.339 e. The van der Waals surface area contributed by atoms with Gasteiger partial charge in [-0.25, -0.2) is 13.1 Å². The lowest BCUT2D eigenvalue weighted by atomic mass is 10.0. The van der Waals surface area contributed by atoms with Crippen LogP contribution in [0.5, 0.6) is 0 Å². The van der Waals surface area contributed by atoms with Crippen molar-refractivity contribution in [3.8, 4) is 0 Å². The number of nitrogens with zero attached hydrogens (tertiary/aromatic N) is 1. The Bertz CT molecular complexity index is 934. The van der Waals surface area contributed by atoms with E-state index in [1.807, 2.05) is 13.0 Å². The maximum Gasteiger partial charge on any atom is 0.253 e. The van der Waals surface area contributed by atoms with Crippen LogP contribution in [-0.2, 0) is 10.0 Å². The average molecular weight is 407 g/mol. The van der Waals surface area contributed by atoms with E-state index < -0.39 is 10.0 Å². The summed E-state index contributed by atoms with van der Waals surface area (Å²) >= 11 is 5.86. The van der Waals surface area contributed by atoms with Crippen LogP contribution in [0.2, 0.25) is 5.02 Å². The summed E-state index contributed by atoms with van der Waals surface area (Å²) in [6.07, 6.45) is 1.17. The third-order valence-corrected chi connectivity index (χ3v) is 6.75. The number of nitrogens with one attached hydrogen (secondary N) is 1. The molecule has 1 aliphatic heterocycles. The first-order valence-electron chi connectivity index (χ1n) is 8.91. The van der Waals surface area contributed by atoms with Gasteiger partial charge in [0.1, 0.15) is 0 Å². The minimum atomic E-state index is -3.57. The summed E-state index contributed by atoms with van der Waals surface area (Å²) in [7, 11) is -3.57. The van der Waals surface area contributed by atoms with Gasteiger partial charge in [0.2, 0.25) is 10.0 Å². The van der Waals surface area contributed by atoms with Crippen LogP contribution in [0.25, 0.3) is 0 Å². The zero-order valence-corrected chi connectivity index (χ0v) is 17.0. The monoisotopic (exact) mass is 406 g/mol. The Balaban J connectivity index is 1.62. The molecular weight excluding hydrogens is 384 g/mol. The zero-order chi connectivity index (χ0) is 19.6. The molecule has 0 atom stereocenters. The van der Waals surface area contributed by atoms with Crippen molar-refractivity contribution in [3.05, 3.63) is 64.2 Å². The van der Waals surface area contributed by atoms with Gasteiger partial charge in [-0.2, -0.15) is 0 Å². The SMILES string of the molecule is Cc1ccc(S(=O)(=O)NC2CCN(C(=O)c3ccc(Cl)cc3)CC2)c(C)c1. The van der Waals surface area contributed by atoms with Crippen LogP contribution >= 0.6 is 11.6 Å². The van der Waals surface area contributed by atoms with E-state index in [0.717, 1.165) is 11.1 Å². The van der Waals surface area contributed by atoms with E-state index in [4.69, 9.17) is 11.6 Å². The molecule has 1 heterocycles.